The highest BCUT2D eigenvalue weighted by Gasteiger charge is 2.51. The fourth-order valence-electron chi connectivity index (χ4n) is 5.81. The third-order valence-corrected chi connectivity index (χ3v) is 7.52. The van der Waals surface area contributed by atoms with Crippen LogP contribution < -0.4 is 0 Å². The molecule has 2 aliphatic rings. The second-order valence-corrected chi connectivity index (χ2v) is 9.88. The Labute approximate surface area is 200 Å². The lowest BCUT2D eigenvalue weighted by Crippen LogP contribution is -2.45. The predicted molar refractivity (Wildman–Crippen MR) is 126 cm³/mol. The number of aryl methyl sites for hydroxylation is 1. The molecule has 2 aliphatic carbocycles. The molecule has 0 spiro atoms. The number of hydrogen-bond acceptors (Lipinski definition) is 5. The molecule has 0 amide bonds. The fourth-order valence-corrected chi connectivity index (χ4v) is 5.81. The smallest absolute Gasteiger partial charge is 0.341 e. The van der Waals surface area contributed by atoms with Crippen LogP contribution in [0.2, 0.25) is 0 Å². The van der Waals surface area contributed by atoms with Crippen LogP contribution in [-0.2, 0) is 23.9 Å². The van der Waals surface area contributed by atoms with Gasteiger partial charge in [-0.3, -0.25) is 9.59 Å². The molecule has 4 atom stereocenters. The van der Waals surface area contributed by atoms with Crippen molar-refractivity contribution < 1.29 is 29.0 Å². The zero-order chi connectivity index (χ0) is 24.5. The number of carbonyl (C=O) groups excluding carboxylic acids is 2. The lowest BCUT2D eigenvalue weighted by Gasteiger charge is -2.42. The molecule has 34 heavy (non-hydrogen) atoms. The van der Waals surface area contributed by atoms with Gasteiger partial charge < -0.3 is 14.6 Å². The number of carbonyl (C=O) groups is 3. The molecular weight excluding hydrogens is 432 g/mol. The van der Waals surface area contributed by atoms with E-state index in [2.05, 4.69) is 0 Å². The number of carboxylic acid groups (broad SMARTS) is 1. The highest BCUT2D eigenvalue weighted by atomic mass is 16.6. The van der Waals surface area contributed by atoms with Crippen LogP contribution in [0.3, 0.4) is 0 Å². The second-order valence-electron chi connectivity index (χ2n) is 9.88. The van der Waals surface area contributed by atoms with E-state index in [9.17, 15) is 14.4 Å². The topological polar surface area (TPSA) is 89.9 Å². The molecule has 0 aromatic heterocycles. The Balaban J connectivity index is 1.85. The van der Waals surface area contributed by atoms with Crippen molar-refractivity contribution >= 4 is 17.9 Å². The molecule has 180 valence electrons. The zero-order valence-corrected chi connectivity index (χ0v) is 20.0. The molecule has 1 fully saturated rings. The number of benzene rings is 2. The van der Waals surface area contributed by atoms with E-state index < -0.39 is 47.9 Å². The van der Waals surface area contributed by atoms with Gasteiger partial charge in [-0.25, -0.2) is 4.79 Å². The van der Waals surface area contributed by atoms with E-state index in [1.165, 1.54) is 0 Å². The van der Waals surface area contributed by atoms with Gasteiger partial charge in [-0.05, 0) is 67.7 Å². The summed E-state index contributed by atoms with van der Waals surface area (Å²) in [6.07, 6.45) is 3.58. The number of aliphatic carboxylic acids is 1. The molecule has 4 rings (SSSR count). The number of fused-ring (bicyclic) bond motifs is 1. The summed E-state index contributed by atoms with van der Waals surface area (Å²) < 4.78 is 11.3. The van der Waals surface area contributed by atoms with Gasteiger partial charge in [0.2, 0.25) is 0 Å². The van der Waals surface area contributed by atoms with Crippen LogP contribution in [0.15, 0.2) is 48.5 Å². The molecule has 2 aromatic carbocycles. The standard InChI is InChI=1S/C28H32O6/c1-17-10-4-5-11-19(17)24-21-13-7-6-12-20(21)18(2)23(26(31)33-16-22(29)30)25(24)27(32)34-28(3)14-8-9-15-28/h4-7,10-13,18,23-25H,8-9,14-16H2,1-3H3,(H,29,30). The maximum atomic E-state index is 13.9. The maximum Gasteiger partial charge on any atom is 0.341 e. The van der Waals surface area contributed by atoms with Crippen LogP contribution in [0.25, 0.3) is 0 Å². The van der Waals surface area contributed by atoms with Gasteiger partial charge in [0.15, 0.2) is 6.61 Å². The molecule has 2 aromatic rings. The summed E-state index contributed by atoms with van der Waals surface area (Å²) in [5, 5.41) is 9.08. The summed E-state index contributed by atoms with van der Waals surface area (Å²) in [6.45, 7) is 5.11. The SMILES string of the molecule is Cc1ccccc1C1c2ccccc2C(C)C(C(=O)OCC(=O)O)C1C(=O)OC1(C)CCCC1. The minimum atomic E-state index is -1.23. The lowest BCUT2D eigenvalue weighted by molar-refractivity contribution is -0.173. The maximum absolute atomic E-state index is 13.9. The van der Waals surface area contributed by atoms with Gasteiger partial charge in [0.05, 0.1) is 11.8 Å². The highest BCUT2D eigenvalue weighted by Crippen LogP contribution is 2.51. The molecule has 0 bridgehead atoms. The van der Waals surface area contributed by atoms with Crippen molar-refractivity contribution in [3.63, 3.8) is 0 Å². The van der Waals surface area contributed by atoms with Crippen molar-refractivity contribution in [1.82, 2.24) is 0 Å². The average molecular weight is 465 g/mol. The third kappa shape index (κ3) is 4.59. The second kappa shape index (κ2) is 9.61. The monoisotopic (exact) mass is 464 g/mol. The van der Waals surface area contributed by atoms with Crippen molar-refractivity contribution in [2.75, 3.05) is 6.61 Å². The minimum absolute atomic E-state index is 0.341. The van der Waals surface area contributed by atoms with Gasteiger partial charge in [-0.15, -0.1) is 0 Å². The molecule has 0 heterocycles. The normalized spacial score (nSPS) is 25.3. The summed E-state index contributed by atoms with van der Waals surface area (Å²) in [7, 11) is 0. The Hall–Kier alpha value is -3.15. The third-order valence-electron chi connectivity index (χ3n) is 7.52. The number of carboxylic acids is 1. The van der Waals surface area contributed by atoms with Crippen molar-refractivity contribution in [3.05, 3.63) is 70.8 Å². The molecule has 4 unspecified atom stereocenters. The summed E-state index contributed by atoms with van der Waals surface area (Å²) in [5.74, 6) is -4.77. The van der Waals surface area contributed by atoms with Crippen LogP contribution in [-0.4, -0.2) is 35.2 Å². The number of rotatable bonds is 6. The van der Waals surface area contributed by atoms with Gasteiger partial charge >= 0.3 is 17.9 Å². The van der Waals surface area contributed by atoms with Crippen LogP contribution >= 0.6 is 0 Å². The van der Waals surface area contributed by atoms with E-state index in [-0.39, 0.29) is 5.92 Å². The van der Waals surface area contributed by atoms with Crippen LogP contribution in [0.5, 0.6) is 0 Å². The van der Waals surface area contributed by atoms with Gasteiger partial charge in [0.1, 0.15) is 5.60 Å². The van der Waals surface area contributed by atoms with Crippen LogP contribution in [0.1, 0.15) is 73.6 Å². The van der Waals surface area contributed by atoms with Gasteiger partial charge in [0, 0.05) is 5.92 Å². The van der Waals surface area contributed by atoms with Gasteiger partial charge in [0.25, 0.3) is 0 Å². The first kappa shape index (κ1) is 24.0. The van der Waals surface area contributed by atoms with E-state index in [1.807, 2.05) is 69.3 Å². The highest BCUT2D eigenvalue weighted by molar-refractivity contribution is 5.86. The molecule has 1 N–H and O–H groups in total. The quantitative estimate of drug-likeness (QED) is 0.607. The Bertz CT molecular complexity index is 1080. The molecule has 0 aliphatic heterocycles. The Kier molecular flexibility index (Phi) is 6.78. The van der Waals surface area contributed by atoms with E-state index in [4.69, 9.17) is 14.6 Å². The van der Waals surface area contributed by atoms with E-state index in [0.717, 1.165) is 47.9 Å². The molecule has 6 nitrogen and oxygen atoms in total. The van der Waals surface area contributed by atoms with E-state index in [0.29, 0.717) is 0 Å². The molecule has 0 saturated heterocycles. The largest absolute Gasteiger partial charge is 0.479 e. The van der Waals surface area contributed by atoms with Crippen molar-refractivity contribution in [2.24, 2.45) is 11.8 Å². The summed E-state index contributed by atoms with van der Waals surface area (Å²) in [6, 6.07) is 15.7. The average Bonchev–Trinajstić information content (AvgIpc) is 3.23. The first-order valence-electron chi connectivity index (χ1n) is 12.0. The molecule has 0 radical (unpaired) electrons. The first-order chi connectivity index (χ1) is 16.2. The molecule has 6 heteroatoms. The first-order valence-corrected chi connectivity index (χ1v) is 12.0. The van der Waals surface area contributed by atoms with Crippen LogP contribution in [0, 0.1) is 18.8 Å². The molecular formula is C28H32O6. The van der Waals surface area contributed by atoms with Crippen molar-refractivity contribution in [3.8, 4) is 0 Å². The Morgan fingerprint density at radius 2 is 1.50 bits per heavy atom. The van der Waals surface area contributed by atoms with Gasteiger partial charge in [-0.2, -0.15) is 0 Å². The molecule has 1 saturated carbocycles. The number of hydrogen-bond donors (Lipinski definition) is 1. The van der Waals surface area contributed by atoms with Gasteiger partial charge in [-0.1, -0.05) is 55.5 Å². The Morgan fingerprint density at radius 1 is 0.912 bits per heavy atom. The zero-order valence-electron chi connectivity index (χ0n) is 20.0. The summed E-state index contributed by atoms with van der Waals surface area (Å²) in [5.41, 5.74) is 3.37. The minimum Gasteiger partial charge on any atom is -0.479 e. The summed E-state index contributed by atoms with van der Waals surface area (Å²) in [4.78, 5) is 38.4. The van der Waals surface area contributed by atoms with Crippen molar-refractivity contribution in [1.29, 1.82) is 0 Å². The predicted octanol–water partition coefficient (Wildman–Crippen LogP) is 4.98. The van der Waals surface area contributed by atoms with E-state index >= 15 is 0 Å². The Morgan fingerprint density at radius 3 is 2.12 bits per heavy atom. The number of ether oxygens (including phenoxy) is 2. The summed E-state index contributed by atoms with van der Waals surface area (Å²) >= 11 is 0. The lowest BCUT2D eigenvalue weighted by atomic mass is 9.62. The van der Waals surface area contributed by atoms with Crippen molar-refractivity contribution in [2.45, 2.75) is 63.9 Å². The van der Waals surface area contributed by atoms with Crippen LogP contribution in [0.4, 0.5) is 0 Å². The van der Waals surface area contributed by atoms with E-state index in [1.54, 1.807) is 0 Å². The number of esters is 2. The fraction of sp³-hybridized carbons (Fsp3) is 0.464.